The lowest BCUT2D eigenvalue weighted by molar-refractivity contribution is 0.0745. The molecule has 0 aliphatic carbocycles. The van der Waals surface area contributed by atoms with Crippen LogP contribution in [0.1, 0.15) is 16.1 Å². The standard InChI is InChI=1S/C20H19ClN4O3/c1-14-16(7-12-28-14)19(26)24-10-8-23(9-11-24)17-13-22-25(20(27)18(17)21)15-5-3-2-4-6-15/h2-7,12-13H,8-11H2,1H3. The second kappa shape index (κ2) is 7.52. The Morgan fingerprint density at radius 2 is 1.82 bits per heavy atom. The first-order valence-electron chi connectivity index (χ1n) is 8.98. The van der Waals surface area contributed by atoms with Crippen molar-refractivity contribution < 1.29 is 9.21 Å². The van der Waals surface area contributed by atoms with Crippen LogP contribution in [0.15, 0.2) is 58.1 Å². The molecule has 1 aliphatic heterocycles. The number of benzene rings is 1. The Kier molecular flexibility index (Phi) is 4.92. The number of furan rings is 1. The number of amides is 1. The van der Waals surface area contributed by atoms with E-state index in [2.05, 4.69) is 5.10 Å². The van der Waals surface area contributed by atoms with Crippen molar-refractivity contribution in [2.24, 2.45) is 0 Å². The number of piperazine rings is 1. The van der Waals surface area contributed by atoms with E-state index in [4.69, 9.17) is 16.0 Å². The summed E-state index contributed by atoms with van der Waals surface area (Å²) >= 11 is 6.37. The average Bonchev–Trinajstić information content (AvgIpc) is 3.16. The van der Waals surface area contributed by atoms with Crippen LogP contribution in [0.25, 0.3) is 5.69 Å². The summed E-state index contributed by atoms with van der Waals surface area (Å²) in [4.78, 5) is 29.0. The van der Waals surface area contributed by atoms with Crippen LogP contribution >= 0.6 is 11.6 Å². The van der Waals surface area contributed by atoms with E-state index in [1.54, 1.807) is 36.2 Å². The van der Waals surface area contributed by atoms with Crippen LogP contribution in [0.3, 0.4) is 0 Å². The van der Waals surface area contributed by atoms with E-state index >= 15 is 0 Å². The molecule has 0 radical (unpaired) electrons. The smallest absolute Gasteiger partial charge is 0.292 e. The lowest BCUT2D eigenvalue weighted by Crippen LogP contribution is -2.49. The lowest BCUT2D eigenvalue weighted by atomic mass is 10.2. The molecule has 4 rings (SSSR count). The van der Waals surface area contributed by atoms with Crippen molar-refractivity contribution in [1.29, 1.82) is 0 Å². The van der Waals surface area contributed by atoms with Crippen molar-refractivity contribution in [2.75, 3.05) is 31.1 Å². The Balaban J connectivity index is 1.51. The number of rotatable bonds is 3. The zero-order valence-electron chi connectivity index (χ0n) is 15.3. The van der Waals surface area contributed by atoms with Gasteiger partial charge in [0.15, 0.2) is 0 Å². The van der Waals surface area contributed by atoms with Crippen molar-refractivity contribution >= 4 is 23.2 Å². The van der Waals surface area contributed by atoms with Crippen LogP contribution in [0.2, 0.25) is 5.02 Å². The molecule has 0 unspecified atom stereocenters. The van der Waals surface area contributed by atoms with Crippen LogP contribution < -0.4 is 10.5 Å². The molecule has 1 amide bonds. The second-order valence-corrected chi connectivity index (χ2v) is 6.94. The van der Waals surface area contributed by atoms with Crippen LogP contribution in [0.4, 0.5) is 5.69 Å². The first-order valence-corrected chi connectivity index (χ1v) is 9.35. The molecule has 0 N–H and O–H groups in total. The van der Waals surface area contributed by atoms with E-state index in [-0.39, 0.29) is 16.5 Å². The first kappa shape index (κ1) is 18.3. The molecule has 2 aromatic heterocycles. The van der Waals surface area contributed by atoms with Gasteiger partial charge in [-0.1, -0.05) is 29.8 Å². The third-order valence-electron chi connectivity index (χ3n) is 4.90. The molecule has 7 nitrogen and oxygen atoms in total. The summed E-state index contributed by atoms with van der Waals surface area (Å²) in [6.45, 7) is 3.97. The second-order valence-electron chi connectivity index (χ2n) is 6.57. The topological polar surface area (TPSA) is 71.6 Å². The Labute approximate surface area is 166 Å². The molecule has 1 aromatic carbocycles. The minimum atomic E-state index is -0.363. The van der Waals surface area contributed by atoms with Crippen molar-refractivity contribution in [3.8, 4) is 5.69 Å². The fourth-order valence-electron chi connectivity index (χ4n) is 3.33. The molecule has 1 fully saturated rings. The zero-order chi connectivity index (χ0) is 19.7. The van der Waals surface area contributed by atoms with Gasteiger partial charge in [-0.15, -0.1) is 0 Å². The van der Waals surface area contributed by atoms with Crippen LogP contribution in [-0.2, 0) is 0 Å². The van der Waals surface area contributed by atoms with E-state index in [1.807, 2.05) is 23.1 Å². The van der Waals surface area contributed by atoms with E-state index in [0.717, 1.165) is 0 Å². The van der Waals surface area contributed by atoms with Gasteiger partial charge in [-0.2, -0.15) is 9.78 Å². The van der Waals surface area contributed by atoms with Gasteiger partial charge in [-0.25, -0.2) is 0 Å². The molecule has 8 heteroatoms. The van der Waals surface area contributed by atoms with Crippen LogP contribution in [0, 0.1) is 6.92 Å². The maximum atomic E-state index is 12.7. The normalized spacial score (nSPS) is 14.4. The molecular formula is C20H19ClN4O3. The zero-order valence-corrected chi connectivity index (χ0v) is 16.1. The fraction of sp³-hybridized carbons (Fsp3) is 0.250. The number of hydrogen-bond acceptors (Lipinski definition) is 5. The van der Waals surface area contributed by atoms with Gasteiger partial charge < -0.3 is 14.2 Å². The van der Waals surface area contributed by atoms with Crippen molar-refractivity contribution in [3.05, 3.63) is 75.6 Å². The van der Waals surface area contributed by atoms with Gasteiger partial charge in [-0.3, -0.25) is 9.59 Å². The number of para-hydroxylation sites is 1. The predicted octanol–water partition coefficient (Wildman–Crippen LogP) is 2.75. The third-order valence-corrected chi connectivity index (χ3v) is 5.25. The number of carbonyl (C=O) groups is 1. The summed E-state index contributed by atoms with van der Waals surface area (Å²) in [6.07, 6.45) is 3.13. The van der Waals surface area contributed by atoms with Crippen LogP contribution in [0.5, 0.6) is 0 Å². The molecule has 0 atom stereocenters. The highest BCUT2D eigenvalue weighted by Gasteiger charge is 2.26. The molecule has 3 aromatic rings. The Hall–Kier alpha value is -3.06. The molecule has 0 bridgehead atoms. The molecule has 0 saturated carbocycles. The molecule has 1 saturated heterocycles. The molecule has 1 aliphatic rings. The molecule has 0 spiro atoms. The Morgan fingerprint density at radius 1 is 1.11 bits per heavy atom. The van der Waals surface area contributed by atoms with Gasteiger partial charge in [0.2, 0.25) is 0 Å². The third kappa shape index (κ3) is 3.29. The van der Waals surface area contributed by atoms with Crippen molar-refractivity contribution in [1.82, 2.24) is 14.7 Å². The summed E-state index contributed by atoms with van der Waals surface area (Å²) in [5, 5.41) is 4.40. The number of hydrogen-bond donors (Lipinski definition) is 0. The molecule has 28 heavy (non-hydrogen) atoms. The van der Waals surface area contributed by atoms with E-state index in [1.165, 1.54) is 10.9 Å². The van der Waals surface area contributed by atoms with Gasteiger partial charge in [0.1, 0.15) is 10.8 Å². The minimum Gasteiger partial charge on any atom is -0.469 e. The maximum Gasteiger partial charge on any atom is 0.292 e. The number of nitrogens with zero attached hydrogens (tertiary/aromatic N) is 4. The lowest BCUT2D eigenvalue weighted by Gasteiger charge is -2.36. The van der Waals surface area contributed by atoms with E-state index < -0.39 is 0 Å². The Bertz CT molecular complexity index is 1050. The summed E-state index contributed by atoms with van der Waals surface area (Å²) in [5.74, 6) is 0.568. The highest BCUT2D eigenvalue weighted by Crippen LogP contribution is 2.24. The predicted molar refractivity (Wildman–Crippen MR) is 106 cm³/mol. The maximum absolute atomic E-state index is 12.7. The van der Waals surface area contributed by atoms with E-state index in [9.17, 15) is 9.59 Å². The number of aryl methyl sites for hydroxylation is 1. The number of aromatic nitrogens is 2. The van der Waals surface area contributed by atoms with Crippen LogP contribution in [-0.4, -0.2) is 46.8 Å². The van der Waals surface area contributed by atoms with Gasteiger partial charge >= 0.3 is 0 Å². The summed E-state index contributed by atoms with van der Waals surface area (Å²) in [5.41, 5.74) is 1.47. The number of carbonyl (C=O) groups excluding carboxylic acids is 1. The van der Waals surface area contributed by atoms with Gasteiger partial charge in [-0.05, 0) is 25.1 Å². The summed E-state index contributed by atoms with van der Waals surface area (Å²) < 4.78 is 6.51. The minimum absolute atomic E-state index is 0.0467. The van der Waals surface area contributed by atoms with Gasteiger partial charge in [0.25, 0.3) is 11.5 Å². The summed E-state index contributed by atoms with van der Waals surface area (Å²) in [6, 6.07) is 10.8. The summed E-state index contributed by atoms with van der Waals surface area (Å²) in [7, 11) is 0. The quantitative estimate of drug-likeness (QED) is 0.678. The molecule has 3 heterocycles. The number of halogens is 1. The average molecular weight is 399 g/mol. The number of anilines is 1. The van der Waals surface area contributed by atoms with E-state index in [0.29, 0.717) is 48.9 Å². The largest absolute Gasteiger partial charge is 0.469 e. The highest BCUT2D eigenvalue weighted by molar-refractivity contribution is 6.33. The monoisotopic (exact) mass is 398 g/mol. The van der Waals surface area contributed by atoms with Crippen molar-refractivity contribution in [3.63, 3.8) is 0 Å². The van der Waals surface area contributed by atoms with Crippen molar-refractivity contribution in [2.45, 2.75) is 6.92 Å². The molecule has 144 valence electrons. The fourth-order valence-corrected chi connectivity index (χ4v) is 3.57. The molecular weight excluding hydrogens is 380 g/mol. The highest BCUT2D eigenvalue weighted by atomic mass is 35.5. The Morgan fingerprint density at radius 3 is 2.46 bits per heavy atom. The van der Waals surface area contributed by atoms with Gasteiger partial charge in [0, 0.05) is 26.2 Å². The van der Waals surface area contributed by atoms with Gasteiger partial charge in [0.05, 0.1) is 29.4 Å². The SMILES string of the molecule is Cc1occc1C(=O)N1CCN(c2cnn(-c3ccccc3)c(=O)c2Cl)CC1. The first-order chi connectivity index (χ1) is 13.6.